The van der Waals surface area contributed by atoms with Crippen LogP contribution in [0.25, 0.3) is 0 Å². The zero-order valence-corrected chi connectivity index (χ0v) is 11.6. The molecule has 0 bridgehead atoms. The fourth-order valence-corrected chi connectivity index (χ4v) is 1.83. The Balaban J connectivity index is 2.24. The summed E-state index contributed by atoms with van der Waals surface area (Å²) in [7, 11) is 5.40. The van der Waals surface area contributed by atoms with Gasteiger partial charge in [-0.05, 0) is 12.1 Å². The number of hydrogen-bond acceptors (Lipinski definition) is 4. The lowest BCUT2D eigenvalue weighted by Gasteiger charge is -2.11. The van der Waals surface area contributed by atoms with E-state index < -0.39 is 0 Å². The van der Waals surface area contributed by atoms with E-state index in [9.17, 15) is 4.79 Å². The SMILES string of the molecule is CN(C)c1nnc(C(=O)Nc2ccccc2Cl)n1C. The van der Waals surface area contributed by atoms with Crippen molar-refractivity contribution in [3.05, 3.63) is 35.1 Å². The predicted octanol–water partition coefficient (Wildman–Crippen LogP) is 1.79. The first kappa shape index (κ1) is 13.4. The van der Waals surface area contributed by atoms with E-state index >= 15 is 0 Å². The second-order valence-electron chi connectivity index (χ2n) is 4.21. The number of hydrogen-bond donors (Lipinski definition) is 1. The van der Waals surface area contributed by atoms with Gasteiger partial charge in [-0.1, -0.05) is 23.7 Å². The molecule has 1 aromatic carbocycles. The van der Waals surface area contributed by atoms with E-state index in [0.29, 0.717) is 16.7 Å². The second kappa shape index (κ2) is 5.27. The highest BCUT2D eigenvalue weighted by atomic mass is 35.5. The highest BCUT2D eigenvalue weighted by Crippen LogP contribution is 2.21. The van der Waals surface area contributed by atoms with Crippen LogP contribution < -0.4 is 10.2 Å². The van der Waals surface area contributed by atoms with E-state index in [2.05, 4.69) is 15.5 Å². The molecule has 0 saturated heterocycles. The third kappa shape index (κ3) is 2.68. The molecule has 1 aromatic heterocycles. The van der Waals surface area contributed by atoms with Crippen LogP contribution in [-0.4, -0.2) is 34.8 Å². The van der Waals surface area contributed by atoms with Crippen molar-refractivity contribution in [3.8, 4) is 0 Å². The Hall–Kier alpha value is -2.08. The third-order valence-electron chi connectivity index (χ3n) is 2.58. The largest absolute Gasteiger partial charge is 0.347 e. The minimum atomic E-state index is -0.351. The van der Waals surface area contributed by atoms with Crippen molar-refractivity contribution in [2.75, 3.05) is 24.3 Å². The molecule has 7 heteroatoms. The molecule has 1 heterocycles. The van der Waals surface area contributed by atoms with Crippen molar-refractivity contribution < 1.29 is 4.79 Å². The van der Waals surface area contributed by atoms with Crippen LogP contribution >= 0.6 is 11.6 Å². The summed E-state index contributed by atoms with van der Waals surface area (Å²) in [5.41, 5.74) is 0.545. The molecule has 100 valence electrons. The molecule has 2 rings (SSSR count). The van der Waals surface area contributed by atoms with Gasteiger partial charge in [0.1, 0.15) is 0 Å². The zero-order valence-electron chi connectivity index (χ0n) is 10.9. The quantitative estimate of drug-likeness (QED) is 0.930. The van der Waals surface area contributed by atoms with Gasteiger partial charge in [0.25, 0.3) is 5.91 Å². The van der Waals surface area contributed by atoms with Crippen LogP contribution in [0.1, 0.15) is 10.6 Å². The molecule has 1 amide bonds. The van der Waals surface area contributed by atoms with E-state index in [4.69, 9.17) is 11.6 Å². The van der Waals surface area contributed by atoms with Crippen LogP contribution in [0.3, 0.4) is 0 Å². The van der Waals surface area contributed by atoms with Crippen molar-refractivity contribution in [1.29, 1.82) is 0 Å². The lowest BCUT2D eigenvalue weighted by Crippen LogP contribution is -2.19. The molecular weight excluding hydrogens is 266 g/mol. The molecule has 0 spiro atoms. The average Bonchev–Trinajstić information content (AvgIpc) is 2.74. The molecule has 0 aliphatic rings. The van der Waals surface area contributed by atoms with Crippen molar-refractivity contribution in [2.45, 2.75) is 0 Å². The van der Waals surface area contributed by atoms with Gasteiger partial charge < -0.3 is 10.2 Å². The van der Waals surface area contributed by atoms with Gasteiger partial charge in [0.15, 0.2) is 0 Å². The molecule has 0 radical (unpaired) electrons. The molecule has 6 nitrogen and oxygen atoms in total. The number of carbonyl (C=O) groups excluding carboxylic acids is 1. The monoisotopic (exact) mass is 279 g/mol. The fraction of sp³-hybridized carbons (Fsp3) is 0.250. The summed E-state index contributed by atoms with van der Waals surface area (Å²) in [4.78, 5) is 13.9. The van der Waals surface area contributed by atoms with Crippen LogP contribution in [0.5, 0.6) is 0 Å². The standard InChI is InChI=1S/C12H14ClN5O/c1-17(2)12-16-15-10(18(12)3)11(19)14-9-7-5-4-6-8(9)13/h4-7H,1-3H3,(H,14,19). The van der Waals surface area contributed by atoms with Gasteiger partial charge in [-0.25, -0.2) is 0 Å². The Morgan fingerprint density at radius 3 is 2.58 bits per heavy atom. The number of nitrogens with zero attached hydrogens (tertiary/aromatic N) is 4. The van der Waals surface area contributed by atoms with Gasteiger partial charge in [-0.3, -0.25) is 9.36 Å². The van der Waals surface area contributed by atoms with Crippen molar-refractivity contribution in [2.24, 2.45) is 7.05 Å². The molecule has 19 heavy (non-hydrogen) atoms. The van der Waals surface area contributed by atoms with Gasteiger partial charge in [-0.15, -0.1) is 10.2 Å². The van der Waals surface area contributed by atoms with E-state index in [-0.39, 0.29) is 11.7 Å². The topological polar surface area (TPSA) is 63.1 Å². The smallest absolute Gasteiger partial charge is 0.293 e. The molecule has 0 aliphatic carbocycles. The van der Waals surface area contributed by atoms with Crippen LogP contribution in [0, 0.1) is 0 Å². The average molecular weight is 280 g/mol. The highest BCUT2D eigenvalue weighted by Gasteiger charge is 2.17. The summed E-state index contributed by atoms with van der Waals surface area (Å²) < 4.78 is 1.62. The van der Waals surface area contributed by atoms with E-state index in [1.807, 2.05) is 14.1 Å². The van der Waals surface area contributed by atoms with Gasteiger partial charge in [-0.2, -0.15) is 0 Å². The summed E-state index contributed by atoms with van der Waals surface area (Å²) >= 11 is 5.99. The maximum Gasteiger partial charge on any atom is 0.293 e. The first-order chi connectivity index (χ1) is 9.00. The van der Waals surface area contributed by atoms with Gasteiger partial charge in [0.05, 0.1) is 10.7 Å². The number of nitrogens with one attached hydrogen (secondary N) is 1. The van der Waals surface area contributed by atoms with Crippen molar-refractivity contribution in [3.63, 3.8) is 0 Å². The van der Waals surface area contributed by atoms with Gasteiger partial charge >= 0.3 is 0 Å². The number of anilines is 2. The van der Waals surface area contributed by atoms with Crippen LogP contribution in [0.15, 0.2) is 24.3 Å². The zero-order chi connectivity index (χ0) is 14.0. The number of amides is 1. The Morgan fingerprint density at radius 2 is 2.00 bits per heavy atom. The molecule has 1 N–H and O–H groups in total. The van der Waals surface area contributed by atoms with Crippen LogP contribution in [-0.2, 0) is 7.05 Å². The minimum absolute atomic E-state index is 0.226. The molecule has 0 saturated carbocycles. The highest BCUT2D eigenvalue weighted by molar-refractivity contribution is 6.33. The first-order valence-electron chi connectivity index (χ1n) is 5.63. The lowest BCUT2D eigenvalue weighted by molar-refractivity contribution is 0.101. The summed E-state index contributed by atoms with van der Waals surface area (Å²) in [6.45, 7) is 0. The van der Waals surface area contributed by atoms with Gasteiger partial charge in [0, 0.05) is 21.1 Å². The van der Waals surface area contributed by atoms with Crippen molar-refractivity contribution in [1.82, 2.24) is 14.8 Å². The number of carbonyl (C=O) groups is 1. The number of aromatic nitrogens is 3. The van der Waals surface area contributed by atoms with Gasteiger partial charge in [0.2, 0.25) is 11.8 Å². The molecular formula is C12H14ClN5O. The summed E-state index contributed by atoms with van der Waals surface area (Å²) in [5.74, 6) is 0.476. The van der Waals surface area contributed by atoms with Crippen LogP contribution in [0.4, 0.5) is 11.6 Å². The maximum atomic E-state index is 12.1. The molecule has 0 atom stereocenters. The van der Waals surface area contributed by atoms with E-state index in [1.165, 1.54) is 0 Å². The Morgan fingerprint density at radius 1 is 1.32 bits per heavy atom. The summed E-state index contributed by atoms with van der Waals surface area (Å²) in [5, 5.41) is 11.0. The Bertz CT molecular complexity index is 608. The molecule has 0 fully saturated rings. The Kier molecular flexibility index (Phi) is 3.71. The van der Waals surface area contributed by atoms with Crippen molar-refractivity contribution >= 4 is 29.1 Å². The number of benzene rings is 1. The molecule has 0 unspecified atom stereocenters. The van der Waals surface area contributed by atoms with E-state index in [0.717, 1.165) is 0 Å². The summed E-state index contributed by atoms with van der Waals surface area (Å²) in [6, 6.07) is 7.02. The van der Waals surface area contributed by atoms with E-state index in [1.54, 1.807) is 40.8 Å². The Labute approximate surface area is 116 Å². The number of halogens is 1. The van der Waals surface area contributed by atoms with Crippen LogP contribution in [0.2, 0.25) is 5.02 Å². The first-order valence-corrected chi connectivity index (χ1v) is 6.01. The number of para-hydroxylation sites is 1. The molecule has 2 aromatic rings. The predicted molar refractivity (Wildman–Crippen MR) is 74.7 cm³/mol. The summed E-state index contributed by atoms with van der Waals surface area (Å²) in [6.07, 6.45) is 0. The maximum absolute atomic E-state index is 12.1. The minimum Gasteiger partial charge on any atom is -0.347 e. The molecule has 0 aliphatic heterocycles. The second-order valence-corrected chi connectivity index (χ2v) is 4.62. The lowest BCUT2D eigenvalue weighted by atomic mass is 10.3. The number of rotatable bonds is 3. The fourth-order valence-electron chi connectivity index (χ4n) is 1.65. The third-order valence-corrected chi connectivity index (χ3v) is 2.91. The normalized spacial score (nSPS) is 10.3.